The summed E-state index contributed by atoms with van der Waals surface area (Å²) >= 11 is 0. The van der Waals surface area contributed by atoms with Gasteiger partial charge in [-0.3, -0.25) is 14.4 Å². The van der Waals surface area contributed by atoms with E-state index < -0.39 is 12.1 Å². The molecule has 7 nitrogen and oxygen atoms in total. The van der Waals surface area contributed by atoms with Crippen LogP contribution in [0.3, 0.4) is 0 Å². The van der Waals surface area contributed by atoms with Gasteiger partial charge < -0.3 is 21.3 Å². The molecule has 226 valence electrons. The topological polar surface area (TPSA) is 105 Å². The van der Waals surface area contributed by atoms with Gasteiger partial charge in [-0.2, -0.15) is 0 Å². The Bertz CT molecular complexity index is 1090. The molecule has 0 saturated carbocycles. The van der Waals surface area contributed by atoms with E-state index in [9.17, 15) is 14.4 Å². The Morgan fingerprint density at radius 2 is 1.51 bits per heavy atom. The molecule has 0 aliphatic carbocycles. The lowest BCUT2D eigenvalue weighted by atomic mass is 9.91. The van der Waals surface area contributed by atoms with Gasteiger partial charge in [0.15, 0.2) is 0 Å². The summed E-state index contributed by atoms with van der Waals surface area (Å²) in [4.78, 5) is 41.3. The number of nitrogens with zero attached hydrogens (tertiary/aromatic N) is 1. The molecule has 4 N–H and O–H groups in total. The monoisotopic (exact) mass is 564 g/mol. The SMILES string of the molecule is CCCN(CCC)C(=O)c1cccc(C(=O)N[C@@H](Cc2ccc(C)cc2)[C@@H](N)C[C@@H](C)C(=O)NCC(CC)CC)c1. The predicted octanol–water partition coefficient (Wildman–Crippen LogP) is 5.50. The smallest absolute Gasteiger partial charge is 0.253 e. The Labute approximate surface area is 247 Å². The minimum absolute atomic E-state index is 0.0114. The summed E-state index contributed by atoms with van der Waals surface area (Å²) < 4.78 is 0. The number of hydrogen-bond acceptors (Lipinski definition) is 4. The van der Waals surface area contributed by atoms with E-state index in [0.29, 0.717) is 49.5 Å². The van der Waals surface area contributed by atoms with Crippen LogP contribution in [-0.2, 0) is 11.2 Å². The van der Waals surface area contributed by atoms with Crippen molar-refractivity contribution in [1.82, 2.24) is 15.5 Å². The van der Waals surface area contributed by atoms with Gasteiger partial charge in [-0.1, -0.05) is 83.4 Å². The summed E-state index contributed by atoms with van der Waals surface area (Å²) in [7, 11) is 0. The lowest BCUT2D eigenvalue weighted by Gasteiger charge is -2.28. The number of amides is 3. The molecule has 3 atom stereocenters. The highest BCUT2D eigenvalue weighted by molar-refractivity contribution is 5.99. The first-order valence-corrected chi connectivity index (χ1v) is 15.4. The molecule has 2 aromatic carbocycles. The molecule has 0 fully saturated rings. The molecule has 7 heteroatoms. The van der Waals surface area contributed by atoms with Gasteiger partial charge in [-0.25, -0.2) is 0 Å². The fourth-order valence-corrected chi connectivity index (χ4v) is 5.05. The van der Waals surface area contributed by atoms with E-state index in [-0.39, 0.29) is 23.6 Å². The normalized spacial score (nSPS) is 13.4. The minimum Gasteiger partial charge on any atom is -0.356 e. The first-order valence-electron chi connectivity index (χ1n) is 15.4. The second-order valence-electron chi connectivity index (χ2n) is 11.4. The average molecular weight is 565 g/mol. The van der Waals surface area contributed by atoms with Crippen LogP contribution < -0.4 is 16.4 Å². The van der Waals surface area contributed by atoms with Gasteiger partial charge in [0.25, 0.3) is 11.8 Å². The Hall–Kier alpha value is -3.19. The van der Waals surface area contributed by atoms with Crippen molar-refractivity contribution in [3.05, 3.63) is 70.8 Å². The second kappa shape index (κ2) is 17.6. The summed E-state index contributed by atoms with van der Waals surface area (Å²) in [5.41, 5.74) is 9.83. The second-order valence-corrected chi connectivity index (χ2v) is 11.4. The highest BCUT2D eigenvalue weighted by Crippen LogP contribution is 2.16. The lowest BCUT2D eigenvalue weighted by molar-refractivity contribution is -0.125. The molecule has 0 aliphatic heterocycles. The molecule has 2 aromatic rings. The minimum atomic E-state index is -0.441. The van der Waals surface area contributed by atoms with E-state index in [1.807, 2.05) is 43.0 Å². The standard InChI is InChI=1S/C34H52N4O3/c1-7-18-38(19-8-2)34(41)29-13-11-12-28(22-29)33(40)37-31(21-27-16-14-24(5)15-17-27)30(35)20-25(6)32(39)36-23-26(9-3)10-4/h11-17,22,25-26,30-31H,7-10,18-21,23,35H2,1-6H3,(H,36,39)(H,37,40)/t25-,30+,31+/m1/s1. The molecule has 0 radical (unpaired) electrons. The van der Waals surface area contributed by atoms with Crippen LogP contribution in [-0.4, -0.2) is 54.3 Å². The lowest BCUT2D eigenvalue weighted by Crippen LogP contribution is -2.50. The van der Waals surface area contributed by atoms with Gasteiger partial charge in [0.1, 0.15) is 0 Å². The molecular formula is C34H52N4O3. The molecule has 0 aromatic heterocycles. The number of carbonyl (C=O) groups excluding carboxylic acids is 3. The van der Waals surface area contributed by atoms with Crippen molar-refractivity contribution in [2.75, 3.05) is 19.6 Å². The molecule has 3 amide bonds. The predicted molar refractivity (Wildman–Crippen MR) is 168 cm³/mol. The number of nitrogens with one attached hydrogen (secondary N) is 2. The van der Waals surface area contributed by atoms with Crippen LogP contribution >= 0.6 is 0 Å². The average Bonchev–Trinajstić information content (AvgIpc) is 2.97. The van der Waals surface area contributed by atoms with E-state index in [2.05, 4.69) is 38.3 Å². The van der Waals surface area contributed by atoms with E-state index >= 15 is 0 Å². The number of hydrogen-bond donors (Lipinski definition) is 3. The molecule has 41 heavy (non-hydrogen) atoms. The molecule has 0 bridgehead atoms. The molecule has 0 spiro atoms. The van der Waals surface area contributed by atoms with Crippen molar-refractivity contribution >= 4 is 17.7 Å². The zero-order valence-corrected chi connectivity index (χ0v) is 26.0. The summed E-state index contributed by atoms with van der Waals surface area (Å²) in [5, 5.41) is 6.21. The van der Waals surface area contributed by atoms with Gasteiger partial charge in [0, 0.05) is 48.8 Å². The van der Waals surface area contributed by atoms with Crippen molar-refractivity contribution < 1.29 is 14.4 Å². The summed E-state index contributed by atoms with van der Waals surface area (Å²) in [6.45, 7) is 14.3. The van der Waals surface area contributed by atoms with Crippen molar-refractivity contribution in [3.63, 3.8) is 0 Å². The third kappa shape index (κ3) is 11.0. The van der Waals surface area contributed by atoms with Crippen LogP contribution in [0.25, 0.3) is 0 Å². The molecule has 0 unspecified atom stereocenters. The van der Waals surface area contributed by atoms with E-state index in [4.69, 9.17) is 5.73 Å². The van der Waals surface area contributed by atoms with Gasteiger partial charge in [0.2, 0.25) is 5.91 Å². The first kappa shape index (κ1) is 34.0. The van der Waals surface area contributed by atoms with Gasteiger partial charge in [0.05, 0.1) is 0 Å². The number of nitrogens with two attached hydrogens (primary N) is 1. The number of carbonyl (C=O) groups is 3. The van der Waals surface area contributed by atoms with Gasteiger partial charge in [-0.15, -0.1) is 0 Å². The zero-order valence-electron chi connectivity index (χ0n) is 26.0. The summed E-state index contributed by atoms with van der Waals surface area (Å²) in [5.74, 6) is -0.185. The van der Waals surface area contributed by atoms with E-state index in [0.717, 1.165) is 36.8 Å². The third-order valence-corrected chi connectivity index (χ3v) is 7.85. The first-order chi connectivity index (χ1) is 19.6. The molecule has 0 saturated heterocycles. The highest BCUT2D eigenvalue weighted by atomic mass is 16.2. The van der Waals surface area contributed by atoms with Crippen molar-refractivity contribution in [3.8, 4) is 0 Å². The Morgan fingerprint density at radius 1 is 0.902 bits per heavy atom. The molecule has 2 rings (SSSR count). The number of aryl methyl sites for hydroxylation is 1. The van der Waals surface area contributed by atoms with Crippen LogP contribution in [0.5, 0.6) is 0 Å². The van der Waals surface area contributed by atoms with Crippen molar-refractivity contribution in [2.24, 2.45) is 17.6 Å². The quantitative estimate of drug-likeness (QED) is 0.236. The Morgan fingerprint density at radius 3 is 2.10 bits per heavy atom. The molecule has 0 heterocycles. The fraction of sp³-hybridized carbons (Fsp3) is 0.559. The van der Waals surface area contributed by atoms with E-state index in [1.165, 1.54) is 0 Å². The fourth-order valence-electron chi connectivity index (χ4n) is 5.05. The van der Waals surface area contributed by atoms with Gasteiger partial charge in [-0.05, 0) is 62.3 Å². The van der Waals surface area contributed by atoms with Crippen LogP contribution in [0.4, 0.5) is 0 Å². The summed E-state index contributed by atoms with van der Waals surface area (Å²) in [6, 6.07) is 14.2. The molecule has 0 aliphatic rings. The number of rotatable bonds is 17. The summed E-state index contributed by atoms with van der Waals surface area (Å²) in [6.07, 6.45) is 4.77. The number of benzene rings is 2. The zero-order chi connectivity index (χ0) is 30.4. The Balaban J connectivity index is 2.20. The van der Waals surface area contributed by atoms with Crippen LogP contribution in [0.2, 0.25) is 0 Å². The maximum Gasteiger partial charge on any atom is 0.253 e. The van der Waals surface area contributed by atoms with Crippen LogP contribution in [0.15, 0.2) is 48.5 Å². The van der Waals surface area contributed by atoms with Crippen LogP contribution in [0, 0.1) is 18.8 Å². The highest BCUT2D eigenvalue weighted by Gasteiger charge is 2.26. The molecular weight excluding hydrogens is 512 g/mol. The van der Waals surface area contributed by atoms with Crippen molar-refractivity contribution in [1.29, 1.82) is 0 Å². The van der Waals surface area contributed by atoms with Crippen LogP contribution in [0.1, 0.15) is 98.6 Å². The van der Waals surface area contributed by atoms with Gasteiger partial charge >= 0.3 is 0 Å². The largest absolute Gasteiger partial charge is 0.356 e. The third-order valence-electron chi connectivity index (χ3n) is 7.85. The van der Waals surface area contributed by atoms with E-state index in [1.54, 1.807) is 24.3 Å². The Kier molecular flexibility index (Phi) is 14.6. The maximum absolute atomic E-state index is 13.5. The van der Waals surface area contributed by atoms with Crippen molar-refractivity contribution in [2.45, 2.75) is 92.2 Å². The maximum atomic E-state index is 13.5.